The Labute approximate surface area is 124 Å². The minimum atomic E-state index is 0.614. The van der Waals surface area contributed by atoms with Crippen molar-refractivity contribution in [3.63, 3.8) is 0 Å². The Kier molecular flexibility index (Phi) is 4.10. The van der Waals surface area contributed by atoms with Gasteiger partial charge in [0.05, 0.1) is 25.5 Å². The zero-order chi connectivity index (χ0) is 14.7. The lowest BCUT2D eigenvalue weighted by molar-refractivity contribution is 0.297. The third-order valence-corrected chi connectivity index (χ3v) is 3.49. The van der Waals surface area contributed by atoms with Crippen molar-refractivity contribution < 1.29 is 13.9 Å². The van der Waals surface area contributed by atoms with Gasteiger partial charge in [-0.15, -0.1) is 0 Å². The van der Waals surface area contributed by atoms with E-state index in [1.807, 2.05) is 32.0 Å². The van der Waals surface area contributed by atoms with Crippen LogP contribution in [0.3, 0.4) is 0 Å². The lowest BCUT2D eigenvalue weighted by Crippen LogP contribution is -2.13. The number of hydrogen-bond donors (Lipinski definition) is 1. The van der Waals surface area contributed by atoms with Gasteiger partial charge in [-0.1, -0.05) is 6.07 Å². The van der Waals surface area contributed by atoms with Crippen LogP contribution in [0, 0.1) is 13.8 Å². The molecular weight excluding hydrogens is 268 g/mol. The normalized spacial score (nSPS) is 14.0. The number of oxazole rings is 1. The third-order valence-electron chi connectivity index (χ3n) is 3.49. The molecule has 0 spiro atoms. The van der Waals surface area contributed by atoms with Crippen molar-refractivity contribution >= 4 is 0 Å². The highest BCUT2D eigenvalue weighted by Gasteiger charge is 2.11. The minimum absolute atomic E-state index is 0.614. The fourth-order valence-corrected chi connectivity index (χ4v) is 2.25. The van der Waals surface area contributed by atoms with Gasteiger partial charge in [0.2, 0.25) is 5.89 Å². The van der Waals surface area contributed by atoms with Crippen molar-refractivity contribution in [2.45, 2.75) is 33.4 Å². The summed E-state index contributed by atoms with van der Waals surface area (Å²) in [7, 11) is 0. The Hall–Kier alpha value is -2.01. The second-order valence-corrected chi connectivity index (χ2v) is 5.18. The van der Waals surface area contributed by atoms with Gasteiger partial charge in [-0.3, -0.25) is 0 Å². The quantitative estimate of drug-likeness (QED) is 0.937. The van der Waals surface area contributed by atoms with Gasteiger partial charge in [0.1, 0.15) is 5.76 Å². The zero-order valence-electron chi connectivity index (χ0n) is 12.4. The maximum Gasteiger partial charge on any atom is 0.208 e. The molecule has 0 amide bonds. The predicted octanol–water partition coefficient (Wildman–Crippen LogP) is 2.74. The van der Waals surface area contributed by atoms with E-state index in [2.05, 4.69) is 10.3 Å². The summed E-state index contributed by atoms with van der Waals surface area (Å²) >= 11 is 0. The molecule has 1 aromatic heterocycles. The van der Waals surface area contributed by atoms with Gasteiger partial charge in [0.15, 0.2) is 11.5 Å². The average Bonchev–Trinajstić information content (AvgIpc) is 2.67. The Bertz CT molecular complexity index is 602. The zero-order valence-corrected chi connectivity index (χ0v) is 12.4. The van der Waals surface area contributed by atoms with Crippen molar-refractivity contribution in [3.8, 4) is 11.5 Å². The first-order valence-electron chi connectivity index (χ1n) is 7.24. The van der Waals surface area contributed by atoms with E-state index in [-0.39, 0.29) is 0 Å². The molecule has 0 bridgehead atoms. The van der Waals surface area contributed by atoms with Crippen LogP contribution in [0.2, 0.25) is 0 Å². The van der Waals surface area contributed by atoms with Crippen molar-refractivity contribution in [3.05, 3.63) is 41.1 Å². The number of fused-ring (bicyclic) bond motifs is 1. The van der Waals surface area contributed by atoms with Gasteiger partial charge in [-0.2, -0.15) is 0 Å². The third kappa shape index (κ3) is 3.36. The molecule has 5 heteroatoms. The average molecular weight is 288 g/mol. The van der Waals surface area contributed by atoms with Gasteiger partial charge in [-0.05, 0) is 31.5 Å². The van der Waals surface area contributed by atoms with Crippen LogP contribution in [-0.2, 0) is 13.1 Å². The number of benzene rings is 1. The number of ether oxygens (including phenoxy) is 2. The molecule has 5 nitrogen and oxygen atoms in total. The highest BCUT2D eigenvalue weighted by atomic mass is 16.5. The highest BCUT2D eigenvalue weighted by molar-refractivity contribution is 5.43. The van der Waals surface area contributed by atoms with E-state index >= 15 is 0 Å². The maximum atomic E-state index is 5.69. The van der Waals surface area contributed by atoms with Crippen LogP contribution in [-0.4, -0.2) is 18.2 Å². The summed E-state index contributed by atoms with van der Waals surface area (Å²) in [5.41, 5.74) is 2.10. The molecule has 21 heavy (non-hydrogen) atoms. The molecule has 2 heterocycles. The molecule has 0 saturated carbocycles. The molecule has 0 unspecified atom stereocenters. The van der Waals surface area contributed by atoms with Crippen molar-refractivity contribution in [2.24, 2.45) is 0 Å². The molecule has 0 atom stereocenters. The first kappa shape index (κ1) is 13.9. The number of nitrogens with zero attached hydrogens (tertiary/aromatic N) is 1. The Morgan fingerprint density at radius 2 is 1.90 bits per heavy atom. The van der Waals surface area contributed by atoms with E-state index in [0.29, 0.717) is 19.8 Å². The molecule has 0 aliphatic carbocycles. The summed E-state index contributed by atoms with van der Waals surface area (Å²) < 4.78 is 16.9. The van der Waals surface area contributed by atoms with Crippen LogP contribution < -0.4 is 14.8 Å². The van der Waals surface area contributed by atoms with E-state index in [1.165, 1.54) is 0 Å². The number of rotatable bonds is 4. The van der Waals surface area contributed by atoms with Crippen LogP contribution in [0.25, 0.3) is 0 Å². The van der Waals surface area contributed by atoms with E-state index in [4.69, 9.17) is 13.9 Å². The number of nitrogens with one attached hydrogen (secondary N) is 1. The van der Waals surface area contributed by atoms with Crippen LogP contribution in [0.5, 0.6) is 11.5 Å². The lowest BCUT2D eigenvalue weighted by atomic mass is 10.2. The Morgan fingerprint density at radius 1 is 1.10 bits per heavy atom. The summed E-state index contributed by atoms with van der Waals surface area (Å²) in [6.45, 7) is 6.65. The Morgan fingerprint density at radius 3 is 2.67 bits per heavy atom. The van der Waals surface area contributed by atoms with Crippen LogP contribution in [0.4, 0.5) is 0 Å². The van der Waals surface area contributed by atoms with Gasteiger partial charge >= 0.3 is 0 Å². The van der Waals surface area contributed by atoms with Crippen molar-refractivity contribution in [1.29, 1.82) is 0 Å². The van der Waals surface area contributed by atoms with Crippen molar-refractivity contribution in [1.82, 2.24) is 10.3 Å². The van der Waals surface area contributed by atoms with Gasteiger partial charge < -0.3 is 19.2 Å². The van der Waals surface area contributed by atoms with Crippen LogP contribution in [0.1, 0.15) is 29.3 Å². The smallest absolute Gasteiger partial charge is 0.208 e. The summed E-state index contributed by atoms with van der Waals surface area (Å²) in [4.78, 5) is 4.35. The number of aryl methyl sites for hydroxylation is 2. The molecule has 0 radical (unpaired) electrons. The first-order chi connectivity index (χ1) is 10.2. The molecule has 3 rings (SSSR count). The second kappa shape index (κ2) is 6.18. The minimum Gasteiger partial charge on any atom is -0.490 e. The van der Waals surface area contributed by atoms with Crippen LogP contribution >= 0.6 is 0 Å². The summed E-state index contributed by atoms with van der Waals surface area (Å²) in [6.07, 6.45) is 0.922. The summed E-state index contributed by atoms with van der Waals surface area (Å²) in [5, 5.41) is 3.33. The molecule has 112 valence electrons. The fourth-order valence-electron chi connectivity index (χ4n) is 2.25. The SMILES string of the molecule is Cc1nc(CNCc2ccc3c(c2)OCCCO3)oc1C. The van der Waals surface area contributed by atoms with Gasteiger partial charge in [0.25, 0.3) is 0 Å². The summed E-state index contributed by atoms with van der Waals surface area (Å²) in [5.74, 6) is 3.26. The fraction of sp³-hybridized carbons (Fsp3) is 0.438. The molecule has 2 aromatic rings. The monoisotopic (exact) mass is 288 g/mol. The molecule has 1 aliphatic heterocycles. The van der Waals surface area contributed by atoms with E-state index in [0.717, 1.165) is 47.4 Å². The molecule has 1 aliphatic rings. The highest BCUT2D eigenvalue weighted by Crippen LogP contribution is 2.30. The van der Waals surface area contributed by atoms with Gasteiger partial charge in [0, 0.05) is 13.0 Å². The van der Waals surface area contributed by atoms with E-state index in [9.17, 15) is 0 Å². The number of hydrogen-bond acceptors (Lipinski definition) is 5. The molecule has 0 saturated heterocycles. The van der Waals surface area contributed by atoms with Crippen LogP contribution in [0.15, 0.2) is 22.6 Å². The molecule has 1 aromatic carbocycles. The molecular formula is C16H20N2O3. The van der Waals surface area contributed by atoms with E-state index in [1.54, 1.807) is 0 Å². The Balaban J connectivity index is 1.59. The second-order valence-electron chi connectivity index (χ2n) is 5.18. The lowest BCUT2D eigenvalue weighted by Gasteiger charge is -2.09. The van der Waals surface area contributed by atoms with Crippen molar-refractivity contribution in [2.75, 3.05) is 13.2 Å². The predicted molar refractivity (Wildman–Crippen MR) is 78.6 cm³/mol. The molecule has 0 fully saturated rings. The standard InChI is InChI=1S/C16H20N2O3/c1-11-12(2)21-16(18-11)10-17-9-13-4-5-14-15(8-13)20-7-3-6-19-14/h4-5,8,17H,3,6-7,9-10H2,1-2H3. The summed E-state index contributed by atoms with van der Waals surface area (Å²) in [6, 6.07) is 6.05. The first-order valence-corrected chi connectivity index (χ1v) is 7.24. The number of aromatic nitrogens is 1. The van der Waals surface area contributed by atoms with Gasteiger partial charge in [-0.25, -0.2) is 4.98 Å². The maximum absolute atomic E-state index is 5.69. The van der Waals surface area contributed by atoms with E-state index < -0.39 is 0 Å². The largest absolute Gasteiger partial charge is 0.490 e. The topological polar surface area (TPSA) is 56.5 Å². The molecule has 1 N–H and O–H groups in total.